The van der Waals surface area contributed by atoms with Crippen LogP contribution in [0.3, 0.4) is 0 Å². The number of halogens is 2. The molecule has 0 amide bonds. The Labute approximate surface area is 171 Å². The number of carbonyl (C=O) groups is 1. The van der Waals surface area contributed by atoms with Gasteiger partial charge in [0.15, 0.2) is 0 Å². The number of carboxylic acid groups (broad SMARTS) is 1. The Morgan fingerprint density at radius 3 is 2.26 bits per heavy atom. The second-order valence-electron chi connectivity index (χ2n) is 7.58. The molecule has 1 aliphatic rings. The molecule has 0 N–H and O–H groups in total. The largest absolute Gasteiger partial charge is 0.543 e. The number of carbonyl (C=O) groups excluding carboxylic acids is 1. The Morgan fingerprint density at radius 1 is 1.07 bits per heavy atom. The lowest BCUT2D eigenvalue weighted by molar-refractivity contribution is -0.255. The second kappa shape index (κ2) is 6.54. The molecule has 0 spiro atoms. The van der Waals surface area contributed by atoms with Crippen molar-refractivity contribution in [2.24, 2.45) is 5.41 Å². The number of aromatic carboxylic acids is 1. The Morgan fingerprint density at radius 2 is 1.67 bits per heavy atom. The van der Waals surface area contributed by atoms with Crippen molar-refractivity contribution in [3.8, 4) is 22.3 Å². The van der Waals surface area contributed by atoms with Crippen LogP contribution in [-0.2, 0) is 6.54 Å². The van der Waals surface area contributed by atoms with Gasteiger partial charge in [-0.1, -0.05) is 83.8 Å². The number of aromatic nitrogens is 1. The predicted molar refractivity (Wildman–Crippen MR) is 110 cm³/mol. The molecule has 1 atom stereocenters. The molecule has 0 radical (unpaired) electrons. The lowest BCUT2D eigenvalue weighted by Gasteiger charge is -2.23. The van der Waals surface area contributed by atoms with Crippen molar-refractivity contribution in [3.05, 3.63) is 71.0 Å². The number of benzene rings is 2. The van der Waals surface area contributed by atoms with Gasteiger partial charge in [0.25, 0.3) is 0 Å². The van der Waals surface area contributed by atoms with Crippen molar-refractivity contribution >= 4 is 33.5 Å². The molecular weight excluding hydrogens is 426 g/mol. The summed E-state index contributed by atoms with van der Waals surface area (Å²) < 4.78 is 1.90. The third-order valence-corrected chi connectivity index (χ3v) is 7.11. The van der Waals surface area contributed by atoms with E-state index in [0.717, 1.165) is 22.4 Å². The number of nitrogens with zero attached hydrogens (tertiary/aromatic N) is 1. The normalized spacial score (nSPS) is 17.7. The van der Waals surface area contributed by atoms with Crippen molar-refractivity contribution in [2.45, 2.75) is 25.2 Å². The highest BCUT2D eigenvalue weighted by atomic mass is 79.9. The van der Waals surface area contributed by atoms with Crippen LogP contribution in [0.4, 0.5) is 0 Å². The molecule has 0 aliphatic carbocycles. The number of rotatable bonds is 3. The SMILES string of the molecule is CC1(C)Cn2c(C(=O)[O-])c(-c3ccc(Cl)cc3)c(-c3ccccc3)c2C1Br. The first-order chi connectivity index (χ1) is 12.8. The van der Waals surface area contributed by atoms with E-state index in [1.807, 2.05) is 47.0 Å². The second-order valence-corrected chi connectivity index (χ2v) is 8.93. The average Bonchev–Trinajstić information content (AvgIpc) is 3.07. The first-order valence-corrected chi connectivity index (χ1v) is 10.0. The van der Waals surface area contributed by atoms with Crippen LogP contribution in [-0.4, -0.2) is 10.5 Å². The van der Waals surface area contributed by atoms with E-state index >= 15 is 0 Å². The Kier molecular flexibility index (Phi) is 4.44. The number of carboxylic acids is 1. The van der Waals surface area contributed by atoms with Gasteiger partial charge in [-0.05, 0) is 23.3 Å². The van der Waals surface area contributed by atoms with Gasteiger partial charge in [-0.3, -0.25) is 0 Å². The van der Waals surface area contributed by atoms with Crippen LogP contribution in [0.2, 0.25) is 5.02 Å². The van der Waals surface area contributed by atoms with Crippen LogP contribution in [0.1, 0.15) is 34.9 Å². The van der Waals surface area contributed by atoms with Gasteiger partial charge < -0.3 is 14.5 Å². The minimum Gasteiger partial charge on any atom is -0.543 e. The minimum atomic E-state index is -1.17. The van der Waals surface area contributed by atoms with Crippen molar-refractivity contribution in [1.29, 1.82) is 0 Å². The Balaban J connectivity index is 2.11. The summed E-state index contributed by atoms with van der Waals surface area (Å²) in [6.07, 6.45) is 0. The molecule has 0 saturated heterocycles. The smallest absolute Gasteiger partial charge is 0.0886 e. The zero-order valence-electron chi connectivity index (χ0n) is 15.0. The summed E-state index contributed by atoms with van der Waals surface area (Å²) in [6, 6.07) is 17.2. The van der Waals surface area contributed by atoms with Crippen molar-refractivity contribution < 1.29 is 9.90 Å². The molecule has 2 heterocycles. The van der Waals surface area contributed by atoms with Gasteiger partial charge in [-0.2, -0.15) is 0 Å². The van der Waals surface area contributed by atoms with Crippen LogP contribution in [0.25, 0.3) is 22.3 Å². The molecule has 1 aromatic heterocycles. The molecule has 5 heteroatoms. The number of hydrogen-bond donors (Lipinski definition) is 0. The molecular formula is C22H18BrClNO2-. The molecule has 1 unspecified atom stereocenters. The standard InChI is InChI=1S/C22H19BrClNO2/c1-22(2)12-25-18(20(22)23)16(13-6-4-3-5-7-13)17(19(25)21(26)27)14-8-10-15(24)11-9-14/h3-11,20H,12H2,1-2H3,(H,26,27)/p-1. The van der Waals surface area contributed by atoms with E-state index in [0.29, 0.717) is 17.1 Å². The zero-order chi connectivity index (χ0) is 19.3. The molecule has 2 aromatic carbocycles. The lowest BCUT2D eigenvalue weighted by atomic mass is 9.86. The van der Waals surface area contributed by atoms with Crippen LogP contribution < -0.4 is 5.11 Å². The van der Waals surface area contributed by atoms with E-state index in [9.17, 15) is 9.90 Å². The molecule has 0 bridgehead atoms. The topological polar surface area (TPSA) is 45.1 Å². The summed E-state index contributed by atoms with van der Waals surface area (Å²) in [5.74, 6) is -1.17. The van der Waals surface area contributed by atoms with Gasteiger partial charge in [-0.15, -0.1) is 0 Å². The Hall–Kier alpha value is -2.04. The summed E-state index contributed by atoms with van der Waals surface area (Å²) in [6.45, 7) is 4.87. The van der Waals surface area contributed by atoms with E-state index in [4.69, 9.17) is 11.6 Å². The molecule has 0 fully saturated rings. The summed E-state index contributed by atoms with van der Waals surface area (Å²) >= 11 is 9.88. The summed E-state index contributed by atoms with van der Waals surface area (Å²) in [4.78, 5) is 12.2. The third-order valence-electron chi connectivity index (χ3n) is 5.18. The van der Waals surface area contributed by atoms with E-state index < -0.39 is 5.97 Å². The molecule has 1 aliphatic heterocycles. The fraction of sp³-hybridized carbons (Fsp3) is 0.227. The molecule has 4 rings (SSSR count). The van der Waals surface area contributed by atoms with Gasteiger partial charge >= 0.3 is 0 Å². The Bertz CT molecular complexity index is 1020. The maximum Gasteiger partial charge on any atom is 0.0886 e. The monoisotopic (exact) mass is 442 g/mol. The van der Waals surface area contributed by atoms with Crippen molar-refractivity contribution in [2.75, 3.05) is 0 Å². The fourth-order valence-corrected chi connectivity index (χ4v) is 4.68. The van der Waals surface area contributed by atoms with Crippen LogP contribution >= 0.6 is 27.5 Å². The molecule has 3 aromatic rings. The van der Waals surface area contributed by atoms with Gasteiger partial charge in [0.2, 0.25) is 0 Å². The van der Waals surface area contributed by atoms with Gasteiger partial charge in [0.05, 0.1) is 16.5 Å². The van der Waals surface area contributed by atoms with Gasteiger partial charge in [0.1, 0.15) is 0 Å². The minimum absolute atomic E-state index is 0.0272. The number of hydrogen-bond acceptors (Lipinski definition) is 2. The first kappa shape index (κ1) is 18.3. The lowest BCUT2D eigenvalue weighted by Crippen LogP contribution is -2.27. The number of fused-ring (bicyclic) bond motifs is 1. The molecule has 138 valence electrons. The maximum absolute atomic E-state index is 12.2. The zero-order valence-corrected chi connectivity index (χ0v) is 17.3. The van der Waals surface area contributed by atoms with Gasteiger partial charge in [-0.25, -0.2) is 0 Å². The fourth-order valence-electron chi connectivity index (χ4n) is 3.93. The molecule has 27 heavy (non-hydrogen) atoms. The van der Waals surface area contributed by atoms with Crippen LogP contribution in [0.5, 0.6) is 0 Å². The van der Waals surface area contributed by atoms with Crippen LogP contribution in [0.15, 0.2) is 54.6 Å². The average molecular weight is 444 g/mol. The van der Waals surface area contributed by atoms with E-state index in [-0.39, 0.29) is 15.9 Å². The first-order valence-electron chi connectivity index (χ1n) is 8.74. The maximum atomic E-state index is 12.2. The van der Waals surface area contributed by atoms with E-state index in [1.54, 1.807) is 12.1 Å². The highest BCUT2D eigenvalue weighted by molar-refractivity contribution is 9.09. The predicted octanol–water partition coefficient (Wildman–Crippen LogP) is 5.31. The van der Waals surface area contributed by atoms with E-state index in [2.05, 4.69) is 29.8 Å². The third kappa shape index (κ3) is 2.91. The van der Waals surface area contributed by atoms with Gasteiger partial charge in [0, 0.05) is 33.8 Å². The highest BCUT2D eigenvalue weighted by Crippen LogP contribution is 2.55. The summed E-state index contributed by atoms with van der Waals surface area (Å²) in [7, 11) is 0. The molecule has 0 saturated carbocycles. The summed E-state index contributed by atoms with van der Waals surface area (Å²) in [5.41, 5.74) is 4.52. The van der Waals surface area contributed by atoms with Crippen molar-refractivity contribution in [3.63, 3.8) is 0 Å². The van der Waals surface area contributed by atoms with Crippen molar-refractivity contribution in [1.82, 2.24) is 4.57 Å². The highest BCUT2D eigenvalue weighted by Gasteiger charge is 2.43. The quantitative estimate of drug-likeness (QED) is 0.515. The van der Waals surface area contributed by atoms with E-state index in [1.165, 1.54) is 0 Å². The summed E-state index contributed by atoms with van der Waals surface area (Å²) in [5, 5.41) is 12.8. The molecule has 3 nitrogen and oxygen atoms in total. The number of alkyl halides is 1. The van der Waals surface area contributed by atoms with Crippen LogP contribution in [0, 0.1) is 5.41 Å².